The van der Waals surface area contributed by atoms with Crippen molar-refractivity contribution >= 4 is 35.7 Å². The molecule has 5 rings (SSSR count). The second-order valence-electron chi connectivity index (χ2n) is 14.3. The first-order valence-electron chi connectivity index (χ1n) is 20.6. The smallest absolute Gasteiger partial charge is 0.338 e. The van der Waals surface area contributed by atoms with Crippen molar-refractivity contribution < 1.29 is 61.8 Å². The third kappa shape index (κ3) is 15.4. The lowest BCUT2D eigenvalue weighted by Crippen LogP contribution is -2.35. The molecule has 61 heavy (non-hydrogen) atoms. The van der Waals surface area contributed by atoms with Crippen LogP contribution in [-0.4, -0.2) is 87.9 Å². The van der Waals surface area contributed by atoms with E-state index in [4.69, 9.17) is 42.6 Å². The van der Waals surface area contributed by atoms with Crippen molar-refractivity contribution in [3.63, 3.8) is 0 Å². The Morgan fingerprint density at radius 2 is 1.02 bits per heavy atom. The van der Waals surface area contributed by atoms with Crippen LogP contribution in [-0.2, 0) is 42.8 Å². The van der Waals surface area contributed by atoms with Crippen molar-refractivity contribution in [1.82, 2.24) is 0 Å². The third-order valence-corrected chi connectivity index (χ3v) is 9.72. The van der Waals surface area contributed by atoms with Crippen LogP contribution in [0.2, 0.25) is 0 Å². The highest BCUT2D eigenvalue weighted by Gasteiger charge is 2.51. The molecule has 0 spiro atoms. The zero-order chi connectivity index (χ0) is 43.2. The molecular formula is C48H54O13. The summed E-state index contributed by atoms with van der Waals surface area (Å²) >= 11 is 0. The van der Waals surface area contributed by atoms with E-state index in [1.54, 1.807) is 42.5 Å². The van der Waals surface area contributed by atoms with Crippen LogP contribution in [0, 0.1) is 0 Å². The molecule has 2 aliphatic rings. The Balaban J connectivity index is 0.955. The fourth-order valence-corrected chi connectivity index (χ4v) is 6.42. The van der Waals surface area contributed by atoms with Crippen molar-refractivity contribution in [1.29, 1.82) is 0 Å². The first-order valence-corrected chi connectivity index (χ1v) is 20.6. The summed E-state index contributed by atoms with van der Waals surface area (Å²) in [6, 6.07) is 21.4. The summed E-state index contributed by atoms with van der Waals surface area (Å²) in [6.07, 6.45) is 9.96. The van der Waals surface area contributed by atoms with E-state index in [-0.39, 0.29) is 13.2 Å². The minimum atomic E-state index is -0.655. The number of unbranched alkanes of at least 4 members (excludes halogenated alkanes) is 6. The zero-order valence-electron chi connectivity index (χ0n) is 34.4. The fraction of sp³-hybridized carbons (Fsp3) is 0.375. The first kappa shape index (κ1) is 45.9. The number of rotatable bonds is 26. The number of carbonyl (C=O) groups excluding carboxylic acids is 4. The number of carbonyl (C=O) groups is 4. The molecule has 0 bridgehead atoms. The van der Waals surface area contributed by atoms with E-state index >= 15 is 0 Å². The topological polar surface area (TPSA) is 151 Å². The summed E-state index contributed by atoms with van der Waals surface area (Å²) < 4.78 is 50.6. The lowest BCUT2D eigenvalue weighted by molar-refractivity contribution is -0.147. The maximum absolute atomic E-state index is 12.9. The van der Waals surface area contributed by atoms with Crippen LogP contribution >= 0.6 is 0 Å². The summed E-state index contributed by atoms with van der Waals surface area (Å²) in [5.74, 6) is 0.563. The number of ether oxygens (including phenoxy) is 9. The van der Waals surface area contributed by atoms with Crippen molar-refractivity contribution in [3.05, 3.63) is 127 Å². The van der Waals surface area contributed by atoms with E-state index in [1.165, 1.54) is 12.2 Å². The van der Waals surface area contributed by atoms with Gasteiger partial charge in [-0.05, 0) is 124 Å². The summed E-state index contributed by atoms with van der Waals surface area (Å²) in [5, 5.41) is 0. The number of fused-ring (bicyclic) bond motifs is 1. The van der Waals surface area contributed by atoms with Gasteiger partial charge in [0.1, 0.15) is 35.2 Å². The summed E-state index contributed by atoms with van der Waals surface area (Å²) in [6.45, 7) is 12.9. The Morgan fingerprint density at radius 1 is 0.557 bits per heavy atom. The Hall–Kier alpha value is -6.18. The standard InChI is InChI=1S/C48H54O13/c1-4-43(49)55-30-12-8-6-10-28-53-38-23-17-36(18-24-38)34(3)59-40-21-14-35(15-22-40)16-27-45(51)60-41-32-57-47-42(33-58-46(41)47)61-48(52)37-19-25-39(26-20-37)54-29-11-7-9-13-31-56-44(50)5-2/h4-5,14-27,41-42,46-47H,1-3,6-13,28-33H2/t41-,42+,46?,47?/m0/s1. The third-order valence-electron chi connectivity index (χ3n) is 9.72. The van der Waals surface area contributed by atoms with Gasteiger partial charge in [-0.15, -0.1) is 0 Å². The summed E-state index contributed by atoms with van der Waals surface area (Å²) in [4.78, 5) is 47.8. The number of benzene rings is 3. The number of hydrogen-bond acceptors (Lipinski definition) is 13. The maximum atomic E-state index is 12.9. The Morgan fingerprint density at radius 3 is 1.52 bits per heavy atom. The van der Waals surface area contributed by atoms with Crippen LogP contribution in [0.3, 0.4) is 0 Å². The molecule has 0 amide bonds. The van der Waals surface area contributed by atoms with Crippen LogP contribution in [0.5, 0.6) is 17.2 Å². The molecule has 2 heterocycles. The van der Waals surface area contributed by atoms with E-state index in [0.29, 0.717) is 49.2 Å². The van der Waals surface area contributed by atoms with E-state index in [1.807, 2.05) is 36.4 Å². The monoisotopic (exact) mass is 838 g/mol. The SMILES string of the molecule is C=CC(=O)OCCCCCCOc1ccc(C(=C)Oc2ccc(C=CC(=O)O[C@H]3COC4C3OC[C@H]4OC(=O)c3ccc(OCCCCCCOC(=O)C=C)cc3)cc2)cc1. The second kappa shape index (κ2) is 24.8. The first-order chi connectivity index (χ1) is 29.7. The molecule has 0 aliphatic carbocycles. The molecular weight excluding hydrogens is 785 g/mol. The van der Waals surface area contributed by atoms with Gasteiger partial charge in [-0.25, -0.2) is 19.2 Å². The molecule has 0 radical (unpaired) electrons. The molecule has 13 heteroatoms. The van der Waals surface area contributed by atoms with E-state index in [0.717, 1.165) is 74.3 Å². The molecule has 324 valence electrons. The Kier molecular flexibility index (Phi) is 18.7. The quantitative estimate of drug-likeness (QED) is 0.0253. The molecule has 13 nitrogen and oxygen atoms in total. The van der Waals surface area contributed by atoms with Crippen LogP contribution < -0.4 is 14.2 Å². The van der Waals surface area contributed by atoms with Crippen LogP contribution in [0.4, 0.5) is 0 Å². The van der Waals surface area contributed by atoms with Gasteiger partial charge in [0.2, 0.25) is 0 Å². The maximum Gasteiger partial charge on any atom is 0.338 e. The average molecular weight is 839 g/mol. The van der Waals surface area contributed by atoms with Crippen molar-refractivity contribution in [3.8, 4) is 17.2 Å². The minimum absolute atomic E-state index is 0.114. The van der Waals surface area contributed by atoms with Gasteiger partial charge in [0, 0.05) is 23.8 Å². The van der Waals surface area contributed by atoms with Crippen LogP contribution in [0.1, 0.15) is 72.9 Å². The predicted molar refractivity (Wildman–Crippen MR) is 227 cm³/mol. The van der Waals surface area contributed by atoms with Crippen LogP contribution in [0.15, 0.2) is 111 Å². The predicted octanol–water partition coefficient (Wildman–Crippen LogP) is 8.02. The van der Waals surface area contributed by atoms with Crippen molar-refractivity contribution in [2.24, 2.45) is 0 Å². The van der Waals surface area contributed by atoms with Gasteiger partial charge in [0.25, 0.3) is 0 Å². The van der Waals surface area contributed by atoms with E-state index in [2.05, 4.69) is 19.7 Å². The molecule has 3 aromatic rings. The molecule has 4 atom stereocenters. The zero-order valence-corrected chi connectivity index (χ0v) is 34.4. The summed E-state index contributed by atoms with van der Waals surface area (Å²) in [5.41, 5.74) is 1.93. The lowest BCUT2D eigenvalue weighted by Gasteiger charge is -2.17. The lowest BCUT2D eigenvalue weighted by atomic mass is 10.1. The van der Waals surface area contributed by atoms with Gasteiger partial charge in [-0.2, -0.15) is 0 Å². The Bertz CT molecular complexity index is 1940. The van der Waals surface area contributed by atoms with Gasteiger partial charge in [0.15, 0.2) is 12.2 Å². The average Bonchev–Trinajstić information content (AvgIpc) is 3.87. The van der Waals surface area contributed by atoms with Crippen molar-refractivity contribution in [2.75, 3.05) is 39.6 Å². The van der Waals surface area contributed by atoms with Crippen LogP contribution in [0.25, 0.3) is 11.8 Å². The van der Waals surface area contributed by atoms with E-state index in [9.17, 15) is 19.2 Å². The molecule has 2 unspecified atom stereocenters. The molecule has 0 saturated carbocycles. The normalized spacial score (nSPS) is 17.8. The van der Waals surface area contributed by atoms with Gasteiger partial charge < -0.3 is 42.6 Å². The van der Waals surface area contributed by atoms with Gasteiger partial charge in [-0.3, -0.25) is 0 Å². The second-order valence-corrected chi connectivity index (χ2v) is 14.3. The molecule has 2 fully saturated rings. The molecule has 3 aromatic carbocycles. The Labute approximate surface area is 356 Å². The van der Waals surface area contributed by atoms with Crippen molar-refractivity contribution in [2.45, 2.75) is 75.8 Å². The highest BCUT2D eigenvalue weighted by Crippen LogP contribution is 2.31. The molecule has 0 N–H and O–H groups in total. The van der Waals surface area contributed by atoms with Gasteiger partial charge in [0.05, 0.1) is 45.2 Å². The molecule has 2 aliphatic heterocycles. The largest absolute Gasteiger partial charge is 0.494 e. The number of hydrogen-bond donors (Lipinski definition) is 0. The fourth-order valence-electron chi connectivity index (χ4n) is 6.42. The van der Waals surface area contributed by atoms with Gasteiger partial charge >= 0.3 is 23.9 Å². The van der Waals surface area contributed by atoms with Gasteiger partial charge in [-0.1, -0.05) is 31.9 Å². The summed E-state index contributed by atoms with van der Waals surface area (Å²) in [7, 11) is 0. The molecule has 2 saturated heterocycles. The highest BCUT2D eigenvalue weighted by atomic mass is 16.7. The number of esters is 4. The van der Waals surface area contributed by atoms with E-state index < -0.39 is 48.3 Å². The minimum Gasteiger partial charge on any atom is -0.494 e. The molecule has 0 aromatic heterocycles. The highest BCUT2D eigenvalue weighted by molar-refractivity contribution is 5.90.